The van der Waals surface area contributed by atoms with Crippen LogP contribution in [0.3, 0.4) is 0 Å². The van der Waals surface area contributed by atoms with Crippen LogP contribution in [0.4, 0.5) is 26.3 Å². The first-order valence-corrected chi connectivity index (χ1v) is 25.6. The second-order valence-corrected chi connectivity index (χ2v) is 22.7. The van der Waals surface area contributed by atoms with Crippen molar-refractivity contribution < 1.29 is 71.7 Å². The fraction of sp³-hybridized carbons (Fsp3) is 0.458. The van der Waals surface area contributed by atoms with Gasteiger partial charge in [-0.15, -0.1) is 0 Å². The van der Waals surface area contributed by atoms with Gasteiger partial charge in [0, 0.05) is 30.6 Å². The summed E-state index contributed by atoms with van der Waals surface area (Å²) in [5.41, 5.74) is -4.62. The third kappa shape index (κ3) is 10.7. The van der Waals surface area contributed by atoms with Crippen molar-refractivity contribution in [3.8, 4) is 45.9 Å². The number of carbonyl (C=O) groups excluding carboxylic acids is 2. The van der Waals surface area contributed by atoms with Gasteiger partial charge in [-0.2, -0.15) is 31.6 Å². The van der Waals surface area contributed by atoms with E-state index in [0.717, 1.165) is 18.2 Å². The summed E-state index contributed by atoms with van der Waals surface area (Å²) in [6.07, 6.45) is -7.32. The second-order valence-electron chi connectivity index (χ2n) is 18.3. The number of ether oxygens (including phenoxy) is 4. The Morgan fingerprint density at radius 3 is 1.53 bits per heavy atom. The molecular weight excluding hydrogens is 999 g/mol. The Kier molecular flexibility index (Phi) is 14.1. The van der Waals surface area contributed by atoms with Crippen LogP contribution in [0.5, 0.6) is 11.5 Å². The lowest BCUT2D eigenvalue weighted by Crippen LogP contribution is -2.42. The number of aromatic nitrogens is 2. The number of alkyl halides is 6. The highest BCUT2D eigenvalue weighted by molar-refractivity contribution is 7.92. The minimum absolute atomic E-state index is 0.0196. The second kappa shape index (κ2) is 19.6. The summed E-state index contributed by atoms with van der Waals surface area (Å²) < 4.78 is 166. The van der Waals surface area contributed by atoms with Crippen LogP contribution >= 0.6 is 0 Å². The zero-order valence-corrected chi connectivity index (χ0v) is 40.3. The fourth-order valence-corrected chi connectivity index (χ4v) is 13.3. The van der Waals surface area contributed by atoms with Gasteiger partial charge in [-0.3, -0.25) is 19.6 Å². The number of nitrogens with zero attached hydrogens (tertiary/aromatic N) is 4. The van der Waals surface area contributed by atoms with Gasteiger partial charge in [0.15, 0.2) is 25.2 Å². The standard InChI is InChI=1S/C48H46F6N6O10S2/c1-67-31-12-29(20-56-22-31)27-4-6-41(37(14-27)47(49,50)51)71(63,64)33-16-35(39(18-33)69-3)43(61)60-46(10-11-46)25-58-26-70-40-19-34(17-36(40)44(62)59-45(24-55)8-9-45)72(65,66)42-7-5-28(15-38(42)48(52,53)54)30-13-32(68-2)23-57-21-30/h4-7,12-15,20-23,33-36,39-40H,8-11,16-19,26H2,1-3H3,(H-,59,60,61,62)/p+1. The first-order valence-electron chi connectivity index (χ1n) is 22.5. The highest BCUT2D eigenvalue weighted by Gasteiger charge is 2.55. The van der Waals surface area contributed by atoms with Crippen LogP contribution in [0.1, 0.15) is 62.5 Å². The monoisotopic (exact) mass is 1050 g/mol. The lowest BCUT2D eigenvalue weighted by molar-refractivity contribution is -0.140. The Bertz CT molecular complexity index is 3110. The number of nitrogens with one attached hydrogen (secondary N) is 2. The molecule has 4 aliphatic carbocycles. The molecule has 2 heterocycles. The van der Waals surface area contributed by atoms with E-state index < -0.39 is 130 Å². The van der Waals surface area contributed by atoms with Gasteiger partial charge in [-0.1, -0.05) is 12.1 Å². The third-order valence-electron chi connectivity index (χ3n) is 13.6. The number of pyridine rings is 2. The molecule has 382 valence electrons. The summed E-state index contributed by atoms with van der Waals surface area (Å²) in [5.74, 6) is -3.21. The number of hydrogen-bond acceptors (Lipinski definition) is 13. The van der Waals surface area contributed by atoms with Crippen molar-refractivity contribution in [1.29, 1.82) is 5.26 Å². The molecule has 24 heteroatoms. The molecule has 0 aliphatic heterocycles. The molecule has 2 aromatic heterocycles. The molecule has 16 nitrogen and oxygen atoms in total. The summed E-state index contributed by atoms with van der Waals surface area (Å²) >= 11 is 0. The summed E-state index contributed by atoms with van der Waals surface area (Å²) in [7, 11) is -5.56. The van der Waals surface area contributed by atoms with E-state index in [9.17, 15) is 58.0 Å². The number of hydrogen-bond donors (Lipinski definition) is 2. The molecule has 8 rings (SSSR count). The van der Waals surface area contributed by atoms with Crippen molar-refractivity contribution >= 4 is 31.5 Å². The molecule has 2 aromatic carbocycles. The molecule has 72 heavy (non-hydrogen) atoms. The number of carbonyl (C=O) groups is 2. The molecule has 2 amide bonds. The van der Waals surface area contributed by atoms with Crippen LogP contribution in [-0.2, 0) is 51.1 Å². The summed E-state index contributed by atoms with van der Waals surface area (Å²) in [4.78, 5) is 37.6. The van der Waals surface area contributed by atoms with Gasteiger partial charge in [0.05, 0.1) is 88.1 Å². The Morgan fingerprint density at radius 2 is 1.11 bits per heavy atom. The Labute approximate surface area is 410 Å². The first-order chi connectivity index (χ1) is 34.0. The van der Waals surface area contributed by atoms with Crippen molar-refractivity contribution in [3.63, 3.8) is 0 Å². The maximum Gasteiger partial charge on any atom is 0.417 e. The molecule has 4 saturated carbocycles. The lowest BCUT2D eigenvalue weighted by Gasteiger charge is -2.19. The van der Waals surface area contributed by atoms with Gasteiger partial charge in [0.25, 0.3) is 0 Å². The minimum atomic E-state index is -5.12. The molecule has 4 aromatic rings. The number of halogens is 6. The predicted octanol–water partition coefficient (Wildman–Crippen LogP) is 7.18. The number of rotatable bonds is 15. The number of methoxy groups -OCH3 is 3. The molecule has 4 fully saturated rings. The van der Waals surface area contributed by atoms with Crippen LogP contribution in [-0.4, -0.2) is 100 Å². The van der Waals surface area contributed by atoms with Gasteiger partial charge in [-0.25, -0.2) is 16.8 Å². The zero-order chi connectivity index (χ0) is 52.0. The summed E-state index contributed by atoms with van der Waals surface area (Å²) in [6, 6.07) is 13.3. The van der Waals surface area contributed by atoms with E-state index in [4.69, 9.17) is 18.9 Å². The van der Waals surface area contributed by atoms with Gasteiger partial charge < -0.3 is 29.6 Å². The topological polar surface area (TPSA) is 217 Å². The van der Waals surface area contributed by atoms with Crippen molar-refractivity contribution in [2.24, 2.45) is 11.8 Å². The molecular formula is C48H47F6N6O10S2+. The smallest absolute Gasteiger partial charge is 0.417 e. The molecule has 4 aliphatic rings. The maximum atomic E-state index is 14.6. The Morgan fingerprint density at radius 1 is 0.667 bits per heavy atom. The molecule has 0 saturated heterocycles. The molecule has 2 N–H and O–H groups in total. The predicted molar refractivity (Wildman–Crippen MR) is 243 cm³/mol. The van der Waals surface area contributed by atoms with E-state index in [1.54, 1.807) is 0 Å². The Balaban J connectivity index is 0.964. The first kappa shape index (κ1) is 52.0. The quantitative estimate of drug-likeness (QED) is 0.113. The van der Waals surface area contributed by atoms with Crippen LogP contribution in [0.25, 0.3) is 27.1 Å². The number of benzene rings is 2. The largest absolute Gasteiger partial charge is 0.495 e. The van der Waals surface area contributed by atoms with E-state index in [2.05, 4.69) is 31.5 Å². The minimum Gasteiger partial charge on any atom is -0.495 e. The number of sulfone groups is 2. The van der Waals surface area contributed by atoms with Gasteiger partial charge in [-0.05, 0) is 104 Å². The Hall–Kier alpha value is -6.34. The van der Waals surface area contributed by atoms with Gasteiger partial charge >= 0.3 is 25.2 Å². The fourth-order valence-electron chi connectivity index (χ4n) is 9.26. The number of amides is 2. The van der Waals surface area contributed by atoms with Crippen molar-refractivity contribution in [2.75, 3.05) is 28.1 Å². The van der Waals surface area contributed by atoms with Crippen molar-refractivity contribution in [2.45, 2.75) is 107 Å². The molecule has 0 spiro atoms. The van der Waals surface area contributed by atoms with Crippen molar-refractivity contribution in [1.82, 2.24) is 20.6 Å². The van der Waals surface area contributed by atoms with Crippen molar-refractivity contribution in [3.05, 3.63) is 89.3 Å². The van der Waals surface area contributed by atoms with E-state index in [1.807, 2.05) is 6.07 Å². The summed E-state index contributed by atoms with van der Waals surface area (Å²) in [6.45, 7) is -0.543. The van der Waals surface area contributed by atoms with Crippen LogP contribution < -0.4 is 20.1 Å². The number of nitriles is 1. The van der Waals surface area contributed by atoms with E-state index in [0.29, 0.717) is 31.7 Å². The van der Waals surface area contributed by atoms with E-state index in [-0.39, 0.29) is 46.6 Å². The average molecular weight is 1050 g/mol. The SMILES string of the molecule is COc1cncc(-c2ccc(S(=O)(=O)C3CC(OC)C(C(=O)NC4(C#[N+]COC5CC(S(=O)(=O)c6ccc(-c7cncc(OC)c7)cc6C(F)(F)F)CC5C(=O)NC5(C#N)CC5)CC4)C3)c(C(F)(F)F)c2)c1. The molecule has 0 radical (unpaired) electrons. The molecule has 0 bridgehead atoms. The third-order valence-corrected chi connectivity index (χ3v) is 18.1. The van der Waals surface area contributed by atoms with Crippen LogP contribution in [0.15, 0.2) is 83.1 Å². The highest BCUT2D eigenvalue weighted by Crippen LogP contribution is 2.46. The van der Waals surface area contributed by atoms with Gasteiger partial charge in [0.2, 0.25) is 11.8 Å². The highest BCUT2D eigenvalue weighted by atomic mass is 32.2. The normalized spacial score (nSPS) is 23.2. The molecule has 6 atom stereocenters. The lowest BCUT2D eigenvalue weighted by atomic mass is 10.0. The zero-order valence-electron chi connectivity index (χ0n) is 38.7. The summed E-state index contributed by atoms with van der Waals surface area (Å²) in [5, 5.41) is 12.1. The van der Waals surface area contributed by atoms with Crippen LogP contribution in [0.2, 0.25) is 0 Å². The van der Waals surface area contributed by atoms with E-state index >= 15 is 0 Å². The average Bonchev–Trinajstić information content (AvgIpc) is 4.20. The molecule has 6 unspecified atom stereocenters. The van der Waals surface area contributed by atoms with E-state index in [1.165, 1.54) is 70.4 Å². The van der Waals surface area contributed by atoms with Gasteiger partial charge in [0.1, 0.15) is 17.0 Å². The maximum absolute atomic E-state index is 14.6. The van der Waals surface area contributed by atoms with Crippen LogP contribution in [0, 0.1) is 29.2 Å².